The number of nitrogens with zero attached hydrogens (tertiary/aromatic N) is 4. The minimum absolute atomic E-state index is 0.127. The molecule has 0 aliphatic rings. The van der Waals surface area contributed by atoms with Crippen LogP contribution in [0.5, 0.6) is 0 Å². The number of amides is 1. The van der Waals surface area contributed by atoms with Crippen LogP contribution in [0.3, 0.4) is 0 Å². The standard InChI is InChI=1S/C21H23N5O3S/c1-14(2)12-26-19(15-8-10-22-11-9-15)24-25-21(26)30-13-18(27)23-17-7-5-4-6-16(17)20(28)29-3/h4-11,14H,12-13H2,1-3H3,(H,23,27). The van der Waals surface area contributed by atoms with E-state index in [1.54, 1.807) is 36.7 Å². The molecule has 30 heavy (non-hydrogen) atoms. The van der Waals surface area contributed by atoms with Crippen LogP contribution in [0.2, 0.25) is 0 Å². The number of para-hydroxylation sites is 1. The van der Waals surface area contributed by atoms with E-state index in [9.17, 15) is 9.59 Å². The van der Waals surface area contributed by atoms with Gasteiger partial charge in [-0.15, -0.1) is 10.2 Å². The van der Waals surface area contributed by atoms with Gasteiger partial charge in [-0.1, -0.05) is 37.7 Å². The first-order chi connectivity index (χ1) is 14.5. The first-order valence-electron chi connectivity index (χ1n) is 9.43. The largest absolute Gasteiger partial charge is 0.465 e. The molecule has 3 rings (SSSR count). The number of carbonyl (C=O) groups is 2. The number of esters is 1. The van der Waals surface area contributed by atoms with Crippen molar-refractivity contribution in [3.8, 4) is 11.4 Å². The van der Waals surface area contributed by atoms with Crippen LogP contribution < -0.4 is 5.32 Å². The van der Waals surface area contributed by atoms with Gasteiger partial charge in [0.1, 0.15) is 0 Å². The molecule has 0 atom stereocenters. The average Bonchev–Trinajstić information content (AvgIpc) is 3.14. The first-order valence-corrected chi connectivity index (χ1v) is 10.4. The lowest BCUT2D eigenvalue weighted by molar-refractivity contribution is -0.113. The van der Waals surface area contributed by atoms with Crippen LogP contribution in [0.15, 0.2) is 53.9 Å². The van der Waals surface area contributed by atoms with Crippen molar-refractivity contribution in [1.82, 2.24) is 19.7 Å². The van der Waals surface area contributed by atoms with Crippen LogP contribution >= 0.6 is 11.8 Å². The highest BCUT2D eigenvalue weighted by Crippen LogP contribution is 2.25. The molecule has 156 valence electrons. The summed E-state index contributed by atoms with van der Waals surface area (Å²) in [6, 6.07) is 10.5. The Morgan fingerprint density at radius 2 is 1.87 bits per heavy atom. The lowest BCUT2D eigenvalue weighted by Crippen LogP contribution is -2.17. The Hall–Kier alpha value is -3.20. The van der Waals surface area contributed by atoms with Gasteiger partial charge in [0.15, 0.2) is 11.0 Å². The van der Waals surface area contributed by atoms with E-state index in [1.165, 1.54) is 18.9 Å². The summed E-state index contributed by atoms with van der Waals surface area (Å²) in [4.78, 5) is 28.4. The molecule has 0 unspecified atom stereocenters. The Morgan fingerprint density at radius 1 is 1.13 bits per heavy atom. The number of aromatic nitrogens is 4. The maximum absolute atomic E-state index is 12.5. The fourth-order valence-electron chi connectivity index (χ4n) is 2.84. The zero-order chi connectivity index (χ0) is 21.5. The van der Waals surface area contributed by atoms with Crippen LogP contribution in [0.4, 0.5) is 5.69 Å². The predicted octanol–water partition coefficient (Wildman–Crippen LogP) is 3.51. The molecule has 2 aromatic heterocycles. The summed E-state index contributed by atoms with van der Waals surface area (Å²) in [6.07, 6.45) is 3.42. The van der Waals surface area contributed by atoms with Gasteiger partial charge in [-0.3, -0.25) is 9.78 Å². The van der Waals surface area contributed by atoms with Gasteiger partial charge in [-0.05, 0) is 30.2 Å². The van der Waals surface area contributed by atoms with Crippen LogP contribution in [-0.2, 0) is 16.1 Å². The number of ether oxygens (including phenoxy) is 1. The minimum atomic E-state index is -0.503. The number of hydrogen-bond donors (Lipinski definition) is 1. The van der Waals surface area contributed by atoms with Gasteiger partial charge in [0.2, 0.25) is 5.91 Å². The number of rotatable bonds is 8. The number of pyridine rings is 1. The van der Waals surface area contributed by atoms with E-state index in [0.717, 1.165) is 17.9 Å². The van der Waals surface area contributed by atoms with Crippen molar-refractivity contribution in [2.45, 2.75) is 25.5 Å². The SMILES string of the molecule is COC(=O)c1ccccc1NC(=O)CSc1nnc(-c2ccncc2)n1CC(C)C. The normalized spacial score (nSPS) is 10.8. The topological polar surface area (TPSA) is 99.0 Å². The molecule has 9 heteroatoms. The number of methoxy groups -OCH3 is 1. The van der Waals surface area contributed by atoms with Crippen LogP contribution in [0.1, 0.15) is 24.2 Å². The molecule has 2 heterocycles. The van der Waals surface area contributed by atoms with Gasteiger partial charge in [-0.25, -0.2) is 4.79 Å². The lowest BCUT2D eigenvalue weighted by atomic mass is 10.2. The Morgan fingerprint density at radius 3 is 2.57 bits per heavy atom. The van der Waals surface area contributed by atoms with E-state index in [4.69, 9.17) is 4.74 Å². The second kappa shape index (κ2) is 10.0. The number of carbonyl (C=O) groups excluding carboxylic acids is 2. The highest BCUT2D eigenvalue weighted by atomic mass is 32.2. The predicted molar refractivity (Wildman–Crippen MR) is 115 cm³/mol. The van der Waals surface area contributed by atoms with E-state index in [2.05, 4.69) is 34.3 Å². The van der Waals surface area contributed by atoms with Crippen LogP contribution in [-0.4, -0.2) is 44.5 Å². The van der Waals surface area contributed by atoms with Crippen molar-refractivity contribution in [2.75, 3.05) is 18.2 Å². The van der Waals surface area contributed by atoms with Crippen molar-refractivity contribution in [3.63, 3.8) is 0 Å². The number of nitrogens with one attached hydrogen (secondary N) is 1. The van der Waals surface area contributed by atoms with E-state index >= 15 is 0 Å². The molecular formula is C21H23N5O3S. The van der Waals surface area contributed by atoms with Crippen molar-refractivity contribution in [3.05, 3.63) is 54.4 Å². The molecule has 0 aliphatic carbocycles. The maximum Gasteiger partial charge on any atom is 0.339 e. The van der Waals surface area contributed by atoms with E-state index in [-0.39, 0.29) is 11.7 Å². The smallest absolute Gasteiger partial charge is 0.339 e. The van der Waals surface area contributed by atoms with Gasteiger partial charge < -0.3 is 14.6 Å². The van der Waals surface area contributed by atoms with Gasteiger partial charge in [0.25, 0.3) is 0 Å². The Balaban J connectivity index is 1.74. The van der Waals surface area contributed by atoms with E-state index in [0.29, 0.717) is 22.3 Å². The molecule has 1 amide bonds. The molecule has 0 bridgehead atoms. The van der Waals surface area contributed by atoms with Crippen molar-refractivity contribution >= 4 is 29.3 Å². The zero-order valence-electron chi connectivity index (χ0n) is 17.0. The molecule has 0 spiro atoms. The minimum Gasteiger partial charge on any atom is -0.465 e. The summed E-state index contributed by atoms with van der Waals surface area (Å²) in [5.74, 6) is 0.493. The summed E-state index contributed by atoms with van der Waals surface area (Å²) >= 11 is 1.30. The van der Waals surface area contributed by atoms with Gasteiger partial charge >= 0.3 is 5.97 Å². The second-order valence-corrected chi connectivity index (χ2v) is 7.86. The summed E-state index contributed by atoms with van der Waals surface area (Å²) in [7, 11) is 1.30. The first kappa shape index (κ1) is 21.5. The number of thioether (sulfide) groups is 1. The maximum atomic E-state index is 12.5. The number of anilines is 1. The molecule has 1 aromatic carbocycles. The molecule has 0 saturated heterocycles. The quantitative estimate of drug-likeness (QED) is 0.435. The third-order valence-electron chi connectivity index (χ3n) is 4.14. The monoisotopic (exact) mass is 425 g/mol. The average molecular weight is 426 g/mol. The molecule has 0 radical (unpaired) electrons. The van der Waals surface area contributed by atoms with E-state index in [1.807, 2.05) is 16.7 Å². The van der Waals surface area contributed by atoms with Crippen LogP contribution in [0, 0.1) is 5.92 Å². The highest BCUT2D eigenvalue weighted by molar-refractivity contribution is 7.99. The molecule has 0 aliphatic heterocycles. The Bertz CT molecular complexity index is 1020. The van der Waals surface area contributed by atoms with Gasteiger partial charge in [-0.2, -0.15) is 0 Å². The van der Waals surface area contributed by atoms with Crippen molar-refractivity contribution in [1.29, 1.82) is 0 Å². The lowest BCUT2D eigenvalue weighted by Gasteiger charge is -2.13. The fourth-order valence-corrected chi connectivity index (χ4v) is 3.58. The summed E-state index contributed by atoms with van der Waals surface area (Å²) in [5, 5.41) is 12.0. The molecule has 0 fully saturated rings. The highest BCUT2D eigenvalue weighted by Gasteiger charge is 2.18. The molecular weight excluding hydrogens is 402 g/mol. The number of hydrogen-bond acceptors (Lipinski definition) is 7. The molecule has 1 N–H and O–H groups in total. The Labute approximate surface area is 179 Å². The third kappa shape index (κ3) is 5.24. The van der Waals surface area contributed by atoms with Crippen molar-refractivity contribution < 1.29 is 14.3 Å². The van der Waals surface area contributed by atoms with Gasteiger partial charge in [0.05, 0.1) is 24.1 Å². The third-order valence-corrected chi connectivity index (χ3v) is 5.11. The summed E-state index contributed by atoms with van der Waals surface area (Å²) in [5.41, 5.74) is 1.64. The molecule has 3 aromatic rings. The Kier molecular flexibility index (Phi) is 7.18. The molecule has 8 nitrogen and oxygen atoms in total. The summed E-state index contributed by atoms with van der Waals surface area (Å²) < 4.78 is 6.78. The van der Waals surface area contributed by atoms with Gasteiger partial charge in [0, 0.05) is 24.5 Å². The fraction of sp³-hybridized carbons (Fsp3) is 0.286. The summed E-state index contributed by atoms with van der Waals surface area (Å²) in [6.45, 7) is 4.95. The van der Waals surface area contributed by atoms with Crippen LogP contribution in [0.25, 0.3) is 11.4 Å². The molecule has 0 saturated carbocycles. The number of benzene rings is 1. The van der Waals surface area contributed by atoms with E-state index < -0.39 is 5.97 Å². The zero-order valence-corrected chi connectivity index (χ0v) is 17.8. The van der Waals surface area contributed by atoms with Crippen molar-refractivity contribution in [2.24, 2.45) is 5.92 Å². The second-order valence-electron chi connectivity index (χ2n) is 6.92.